The summed E-state index contributed by atoms with van der Waals surface area (Å²) < 4.78 is 4.82. The first kappa shape index (κ1) is 10.8. The third kappa shape index (κ3) is 1.13. The molecule has 4 heteroatoms. The number of carbonyl (C=O) groups excluding carboxylic acids is 1. The van der Waals surface area contributed by atoms with Gasteiger partial charge in [-0.05, 0) is 37.0 Å². The number of methoxy groups -OCH3 is 1. The van der Waals surface area contributed by atoms with Gasteiger partial charge in [0.25, 0.3) is 0 Å². The fourth-order valence-corrected chi connectivity index (χ4v) is 4.04. The standard InChI is InChI=1S/C13H16O4/c1-13(12(15)16)9-4-3-6(7-5-8(7)9)10(13)11(14)17-2/h3-4,6-10H,5H2,1-2H3,(H,15,16). The third-order valence-corrected chi connectivity index (χ3v) is 5.03. The van der Waals surface area contributed by atoms with Crippen molar-refractivity contribution >= 4 is 11.9 Å². The Hall–Kier alpha value is -1.32. The Morgan fingerprint density at radius 1 is 1.35 bits per heavy atom. The zero-order chi connectivity index (χ0) is 12.4. The normalized spacial score (nSPS) is 49.6. The highest BCUT2D eigenvalue weighted by Gasteiger charge is 2.69. The van der Waals surface area contributed by atoms with Crippen molar-refractivity contribution < 1.29 is 19.4 Å². The Kier molecular flexibility index (Phi) is 1.98. The molecule has 4 nitrogen and oxygen atoms in total. The predicted molar refractivity (Wildman–Crippen MR) is 59.0 cm³/mol. The number of fused-ring (bicyclic) bond motifs is 1. The van der Waals surface area contributed by atoms with E-state index in [-0.39, 0.29) is 17.8 Å². The highest BCUT2D eigenvalue weighted by molar-refractivity contribution is 5.86. The van der Waals surface area contributed by atoms with Gasteiger partial charge in [-0.15, -0.1) is 0 Å². The molecule has 17 heavy (non-hydrogen) atoms. The first-order valence-corrected chi connectivity index (χ1v) is 6.01. The van der Waals surface area contributed by atoms with Gasteiger partial charge in [-0.25, -0.2) is 0 Å². The molecule has 2 saturated carbocycles. The summed E-state index contributed by atoms with van der Waals surface area (Å²) in [5.41, 5.74) is -0.996. The van der Waals surface area contributed by atoms with Crippen LogP contribution in [0.1, 0.15) is 13.3 Å². The van der Waals surface area contributed by atoms with Gasteiger partial charge in [-0.2, -0.15) is 0 Å². The van der Waals surface area contributed by atoms with Crippen LogP contribution in [0, 0.1) is 35.0 Å². The van der Waals surface area contributed by atoms with Crippen molar-refractivity contribution in [2.75, 3.05) is 7.11 Å². The lowest BCUT2D eigenvalue weighted by molar-refractivity contribution is -0.174. The lowest BCUT2D eigenvalue weighted by Crippen LogP contribution is -2.54. The molecule has 0 aromatic carbocycles. The van der Waals surface area contributed by atoms with Gasteiger partial charge in [0, 0.05) is 0 Å². The number of carbonyl (C=O) groups is 2. The molecule has 92 valence electrons. The molecule has 0 aliphatic heterocycles. The highest BCUT2D eigenvalue weighted by atomic mass is 16.5. The highest BCUT2D eigenvalue weighted by Crippen LogP contribution is 2.67. The second-order valence-electron chi connectivity index (χ2n) is 5.64. The largest absolute Gasteiger partial charge is 0.481 e. The van der Waals surface area contributed by atoms with Crippen molar-refractivity contribution in [1.29, 1.82) is 0 Å². The maximum Gasteiger partial charge on any atom is 0.310 e. The minimum Gasteiger partial charge on any atom is -0.481 e. The van der Waals surface area contributed by atoms with Crippen LogP contribution in [-0.2, 0) is 14.3 Å². The molecule has 1 N–H and O–H groups in total. The number of aliphatic carboxylic acids is 1. The maximum absolute atomic E-state index is 11.9. The molecule has 4 aliphatic rings. The number of carboxylic acids is 1. The molecule has 0 aromatic rings. The van der Waals surface area contributed by atoms with Crippen LogP contribution in [-0.4, -0.2) is 24.2 Å². The first-order chi connectivity index (χ1) is 8.01. The van der Waals surface area contributed by atoms with Crippen LogP contribution in [0.25, 0.3) is 0 Å². The molecule has 6 atom stereocenters. The second-order valence-corrected chi connectivity index (χ2v) is 5.64. The molecule has 0 aromatic heterocycles. The van der Waals surface area contributed by atoms with Crippen molar-refractivity contribution in [3.8, 4) is 0 Å². The predicted octanol–water partition coefficient (Wildman–Crippen LogP) is 1.32. The fourth-order valence-electron chi connectivity index (χ4n) is 4.04. The van der Waals surface area contributed by atoms with Gasteiger partial charge < -0.3 is 9.84 Å². The molecule has 6 unspecified atom stereocenters. The topological polar surface area (TPSA) is 63.6 Å². The van der Waals surface area contributed by atoms with Crippen molar-refractivity contribution in [1.82, 2.24) is 0 Å². The number of rotatable bonds is 2. The van der Waals surface area contributed by atoms with Crippen molar-refractivity contribution in [3.05, 3.63) is 12.2 Å². The van der Waals surface area contributed by atoms with Gasteiger partial charge in [-0.1, -0.05) is 12.2 Å². The molecule has 4 aliphatic carbocycles. The number of hydrogen-bond donors (Lipinski definition) is 1. The Bertz CT molecular complexity index is 427. The van der Waals surface area contributed by atoms with E-state index in [1.807, 2.05) is 12.2 Å². The fraction of sp³-hybridized carbons (Fsp3) is 0.692. The van der Waals surface area contributed by atoms with Crippen LogP contribution in [0.3, 0.4) is 0 Å². The van der Waals surface area contributed by atoms with E-state index in [1.54, 1.807) is 6.92 Å². The molecule has 0 radical (unpaired) electrons. The molecule has 0 spiro atoms. The van der Waals surface area contributed by atoms with Gasteiger partial charge in [0.05, 0.1) is 18.4 Å². The summed E-state index contributed by atoms with van der Waals surface area (Å²) in [6.45, 7) is 1.70. The Morgan fingerprint density at radius 2 is 2.06 bits per heavy atom. The van der Waals surface area contributed by atoms with Crippen LogP contribution in [0.15, 0.2) is 12.2 Å². The second kappa shape index (κ2) is 3.12. The number of allylic oxidation sites excluding steroid dienone is 2. The Morgan fingerprint density at radius 3 is 2.65 bits per heavy atom. The summed E-state index contributed by atoms with van der Waals surface area (Å²) >= 11 is 0. The quantitative estimate of drug-likeness (QED) is 0.580. The van der Waals surface area contributed by atoms with E-state index in [1.165, 1.54) is 7.11 Å². The minimum atomic E-state index is -0.996. The van der Waals surface area contributed by atoms with Gasteiger partial charge in [0.2, 0.25) is 0 Å². The van der Waals surface area contributed by atoms with E-state index in [2.05, 4.69) is 0 Å². The van der Waals surface area contributed by atoms with Crippen molar-refractivity contribution in [3.63, 3.8) is 0 Å². The third-order valence-electron chi connectivity index (χ3n) is 5.03. The zero-order valence-electron chi connectivity index (χ0n) is 9.92. The summed E-state index contributed by atoms with van der Waals surface area (Å²) in [5, 5.41) is 9.53. The van der Waals surface area contributed by atoms with E-state index in [0.29, 0.717) is 11.8 Å². The Labute approximate surface area is 99.6 Å². The summed E-state index contributed by atoms with van der Waals surface area (Å²) in [7, 11) is 1.33. The number of ether oxygens (including phenoxy) is 1. The van der Waals surface area contributed by atoms with E-state index >= 15 is 0 Å². The van der Waals surface area contributed by atoms with Gasteiger partial charge >= 0.3 is 11.9 Å². The molecule has 0 saturated heterocycles. The Balaban J connectivity index is 2.08. The molecular weight excluding hydrogens is 220 g/mol. The van der Waals surface area contributed by atoms with Gasteiger partial charge in [0.1, 0.15) is 0 Å². The molecular formula is C13H16O4. The molecule has 0 heterocycles. The smallest absolute Gasteiger partial charge is 0.310 e. The van der Waals surface area contributed by atoms with Crippen LogP contribution < -0.4 is 0 Å². The molecule has 0 amide bonds. The molecule has 2 fully saturated rings. The maximum atomic E-state index is 11.9. The number of carboxylic acid groups (broad SMARTS) is 1. The van der Waals surface area contributed by atoms with Crippen LogP contribution in [0.4, 0.5) is 0 Å². The summed E-state index contributed by atoms with van der Waals surface area (Å²) in [6, 6.07) is 0. The average molecular weight is 236 g/mol. The summed E-state index contributed by atoms with van der Waals surface area (Å²) in [6.07, 6.45) is 5.09. The lowest BCUT2D eigenvalue weighted by Gasteiger charge is -2.48. The average Bonchev–Trinajstić information content (AvgIpc) is 3.09. The number of hydrogen-bond acceptors (Lipinski definition) is 3. The van der Waals surface area contributed by atoms with Crippen LogP contribution >= 0.6 is 0 Å². The van der Waals surface area contributed by atoms with Crippen LogP contribution in [0.2, 0.25) is 0 Å². The van der Waals surface area contributed by atoms with E-state index in [0.717, 1.165) is 6.42 Å². The monoisotopic (exact) mass is 236 g/mol. The molecule has 2 bridgehead atoms. The molecule has 4 rings (SSSR count). The zero-order valence-corrected chi connectivity index (χ0v) is 9.92. The van der Waals surface area contributed by atoms with E-state index in [4.69, 9.17) is 4.74 Å². The minimum absolute atomic E-state index is 0.0147. The summed E-state index contributed by atoms with van der Waals surface area (Å²) in [4.78, 5) is 23.5. The van der Waals surface area contributed by atoms with Crippen molar-refractivity contribution in [2.45, 2.75) is 13.3 Å². The van der Waals surface area contributed by atoms with E-state index < -0.39 is 17.3 Å². The first-order valence-electron chi connectivity index (χ1n) is 6.01. The number of esters is 1. The van der Waals surface area contributed by atoms with Gasteiger partial charge in [-0.3, -0.25) is 9.59 Å². The van der Waals surface area contributed by atoms with Crippen LogP contribution in [0.5, 0.6) is 0 Å². The lowest BCUT2D eigenvalue weighted by atomic mass is 9.54. The van der Waals surface area contributed by atoms with Gasteiger partial charge in [0.15, 0.2) is 0 Å². The SMILES string of the molecule is COC(=O)C1C2C=CC(C3CC23)C1(C)C(=O)O. The summed E-state index contributed by atoms with van der Waals surface area (Å²) in [5.74, 6) is -0.771. The van der Waals surface area contributed by atoms with Crippen molar-refractivity contribution in [2.24, 2.45) is 35.0 Å². The van der Waals surface area contributed by atoms with E-state index in [9.17, 15) is 14.7 Å².